The lowest BCUT2D eigenvalue weighted by atomic mass is 10.1. The molecule has 1 rings (SSSR count). The van der Waals surface area contributed by atoms with E-state index in [1.807, 2.05) is 12.1 Å². The van der Waals surface area contributed by atoms with Gasteiger partial charge in [0.2, 0.25) is 5.75 Å². The van der Waals surface area contributed by atoms with Crippen molar-refractivity contribution in [2.75, 3.05) is 27.9 Å². The predicted molar refractivity (Wildman–Crippen MR) is 84.6 cm³/mol. The highest BCUT2D eigenvalue weighted by atomic mass is 35.5. The number of hydrogen-bond acceptors (Lipinski definition) is 4. The molecule has 5 heteroatoms. The highest BCUT2D eigenvalue weighted by Crippen LogP contribution is 2.39. The van der Waals surface area contributed by atoms with Crippen LogP contribution in [-0.2, 0) is 6.54 Å². The number of hydrogen-bond donors (Lipinski definition) is 1. The highest BCUT2D eigenvalue weighted by molar-refractivity contribution is 5.85. The first-order valence-electron chi connectivity index (χ1n) is 6.77. The summed E-state index contributed by atoms with van der Waals surface area (Å²) in [5.74, 6) is 2.08. The number of benzene rings is 1. The molecule has 0 spiro atoms. The van der Waals surface area contributed by atoms with Crippen LogP contribution in [-0.4, -0.2) is 27.9 Å². The highest BCUT2D eigenvalue weighted by Gasteiger charge is 2.15. The van der Waals surface area contributed by atoms with Crippen molar-refractivity contribution in [3.8, 4) is 17.2 Å². The van der Waals surface area contributed by atoms with Gasteiger partial charge in [-0.15, -0.1) is 12.4 Å². The van der Waals surface area contributed by atoms with Crippen LogP contribution in [0.4, 0.5) is 0 Å². The lowest BCUT2D eigenvalue weighted by Crippen LogP contribution is -2.15. The second-order valence-electron chi connectivity index (χ2n) is 4.38. The van der Waals surface area contributed by atoms with Gasteiger partial charge in [0.15, 0.2) is 11.5 Å². The van der Waals surface area contributed by atoms with Crippen molar-refractivity contribution in [3.63, 3.8) is 0 Å². The molecule has 20 heavy (non-hydrogen) atoms. The van der Waals surface area contributed by atoms with Gasteiger partial charge in [0.05, 0.1) is 21.3 Å². The number of ether oxygens (including phenoxy) is 3. The van der Waals surface area contributed by atoms with Crippen LogP contribution in [0, 0.1) is 0 Å². The molecule has 0 aliphatic rings. The van der Waals surface area contributed by atoms with E-state index in [9.17, 15) is 0 Å². The molecule has 0 amide bonds. The molecule has 0 saturated carbocycles. The number of methoxy groups -OCH3 is 3. The third-order valence-electron chi connectivity index (χ3n) is 3.06. The molecule has 0 atom stereocenters. The summed E-state index contributed by atoms with van der Waals surface area (Å²) in [4.78, 5) is 0. The molecule has 0 heterocycles. The van der Waals surface area contributed by atoms with Gasteiger partial charge in [-0.25, -0.2) is 0 Å². The Bertz CT molecular complexity index is 386. The molecule has 0 radical (unpaired) electrons. The summed E-state index contributed by atoms with van der Waals surface area (Å²) >= 11 is 0. The Morgan fingerprint density at radius 3 is 2.20 bits per heavy atom. The first-order chi connectivity index (χ1) is 9.28. The van der Waals surface area contributed by atoms with Gasteiger partial charge in [-0.1, -0.05) is 25.8 Å². The van der Waals surface area contributed by atoms with Gasteiger partial charge in [0.1, 0.15) is 0 Å². The Hall–Kier alpha value is -1.13. The van der Waals surface area contributed by atoms with E-state index in [4.69, 9.17) is 14.2 Å². The molecule has 1 aromatic rings. The fraction of sp³-hybridized carbons (Fsp3) is 0.600. The molecule has 0 fully saturated rings. The normalized spacial score (nSPS) is 9.80. The van der Waals surface area contributed by atoms with Crippen molar-refractivity contribution in [1.82, 2.24) is 5.32 Å². The van der Waals surface area contributed by atoms with E-state index in [0.717, 1.165) is 24.4 Å². The summed E-state index contributed by atoms with van der Waals surface area (Å²) in [5, 5.41) is 3.42. The Labute approximate surface area is 128 Å². The van der Waals surface area contributed by atoms with E-state index in [-0.39, 0.29) is 12.4 Å². The zero-order valence-corrected chi connectivity index (χ0v) is 13.6. The van der Waals surface area contributed by atoms with E-state index in [1.54, 1.807) is 21.3 Å². The van der Waals surface area contributed by atoms with Crippen molar-refractivity contribution in [1.29, 1.82) is 0 Å². The minimum Gasteiger partial charge on any atom is -0.493 e. The molecule has 0 bridgehead atoms. The average molecular weight is 304 g/mol. The maximum absolute atomic E-state index is 5.44. The smallest absolute Gasteiger partial charge is 0.203 e. The minimum atomic E-state index is 0. The van der Waals surface area contributed by atoms with Crippen LogP contribution in [0.3, 0.4) is 0 Å². The van der Waals surface area contributed by atoms with Gasteiger partial charge in [0, 0.05) is 12.1 Å². The maximum atomic E-state index is 5.44. The summed E-state index contributed by atoms with van der Waals surface area (Å²) in [7, 11) is 4.90. The zero-order chi connectivity index (χ0) is 14.1. The van der Waals surface area contributed by atoms with Gasteiger partial charge in [-0.2, -0.15) is 0 Å². The molecule has 0 unspecified atom stereocenters. The third kappa shape index (κ3) is 5.10. The second-order valence-corrected chi connectivity index (χ2v) is 4.38. The molecule has 0 aliphatic heterocycles. The predicted octanol–water partition coefficient (Wildman–Crippen LogP) is 3.41. The van der Waals surface area contributed by atoms with Gasteiger partial charge in [-0.3, -0.25) is 0 Å². The van der Waals surface area contributed by atoms with Gasteiger partial charge in [-0.05, 0) is 19.0 Å². The third-order valence-corrected chi connectivity index (χ3v) is 3.06. The van der Waals surface area contributed by atoms with Crippen molar-refractivity contribution in [2.45, 2.75) is 32.7 Å². The Morgan fingerprint density at radius 1 is 0.950 bits per heavy atom. The summed E-state index contributed by atoms with van der Waals surface area (Å²) in [6, 6.07) is 3.91. The van der Waals surface area contributed by atoms with E-state index < -0.39 is 0 Å². The molecule has 1 N–H and O–H groups in total. The number of rotatable bonds is 9. The molecule has 4 nitrogen and oxygen atoms in total. The molecule has 0 aliphatic carbocycles. The first kappa shape index (κ1) is 18.9. The minimum absolute atomic E-state index is 0. The second kappa shape index (κ2) is 10.6. The number of unbranched alkanes of at least 4 members (excludes halogenated alkanes) is 2. The monoisotopic (exact) mass is 303 g/mol. The summed E-state index contributed by atoms with van der Waals surface area (Å²) in [6.07, 6.45) is 3.70. The van der Waals surface area contributed by atoms with Gasteiger partial charge < -0.3 is 19.5 Å². The standard InChI is InChI=1S/C15H25NO3.ClH/c1-5-6-7-10-16-11-12-8-9-13(17-2)15(19-4)14(12)18-3;/h8-9,16H,5-7,10-11H2,1-4H3;1H. The van der Waals surface area contributed by atoms with Gasteiger partial charge in [0.25, 0.3) is 0 Å². The lowest BCUT2D eigenvalue weighted by molar-refractivity contribution is 0.321. The van der Waals surface area contributed by atoms with E-state index in [1.165, 1.54) is 19.3 Å². The van der Waals surface area contributed by atoms with E-state index in [2.05, 4.69) is 12.2 Å². The van der Waals surface area contributed by atoms with Crippen molar-refractivity contribution in [3.05, 3.63) is 17.7 Å². The molecular formula is C15H26ClNO3. The van der Waals surface area contributed by atoms with Crippen LogP contribution < -0.4 is 19.5 Å². The SMILES string of the molecule is CCCCCNCc1ccc(OC)c(OC)c1OC.Cl. The first-order valence-corrected chi connectivity index (χ1v) is 6.77. The van der Waals surface area contributed by atoms with Crippen LogP contribution in [0.2, 0.25) is 0 Å². The van der Waals surface area contributed by atoms with Crippen LogP contribution in [0.1, 0.15) is 31.7 Å². The topological polar surface area (TPSA) is 39.7 Å². The molecule has 116 valence electrons. The van der Waals surface area contributed by atoms with Crippen LogP contribution in [0.5, 0.6) is 17.2 Å². The van der Waals surface area contributed by atoms with Crippen molar-refractivity contribution < 1.29 is 14.2 Å². The Balaban J connectivity index is 0.00000361. The average Bonchev–Trinajstić information content (AvgIpc) is 2.45. The van der Waals surface area contributed by atoms with Crippen LogP contribution in [0.25, 0.3) is 0 Å². The van der Waals surface area contributed by atoms with E-state index >= 15 is 0 Å². The molecule has 0 saturated heterocycles. The van der Waals surface area contributed by atoms with E-state index in [0.29, 0.717) is 11.5 Å². The van der Waals surface area contributed by atoms with Gasteiger partial charge >= 0.3 is 0 Å². The number of nitrogens with one attached hydrogen (secondary N) is 1. The largest absolute Gasteiger partial charge is 0.493 e. The van der Waals surface area contributed by atoms with Crippen molar-refractivity contribution >= 4 is 12.4 Å². The van der Waals surface area contributed by atoms with Crippen molar-refractivity contribution in [2.24, 2.45) is 0 Å². The Kier molecular flexibility index (Phi) is 10.0. The number of halogens is 1. The molecule has 1 aromatic carbocycles. The molecular weight excluding hydrogens is 278 g/mol. The summed E-state index contributed by atoms with van der Waals surface area (Å²) in [6.45, 7) is 4.00. The zero-order valence-electron chi connectivity index (χ0n) is 12.8. The maximum Gasteiger partial charge on any atom is 0.203 e. The fourth-order valence-electron chi connectivity index (χ4n) is 2.03. The summed E-state index contributed by atoms with van der Waals surface area (Å²) in [5.41, 5.74) is 1.08. The fourth-order valence-corrected chi connectivity index (χ4v) is 2.03. The van der Waals surface area contributed by atoms with Crippen LogP contribution >= 0.6 is 12.4 Å². The lowest BCUT2D eigenvalue weighted by Gasteiger charge is -2.16. The summed E-state index contributed by atoms with van der Waals surface area (Å²) < 4.78 is 16.1. The quantitative estimate of drug-likeness (QED) is 0.710. The van der Waals surface area contributed by atoms with Crippen LogP contribution in [0.15, 0.2) is 12.1 Å². The Morgan fingerprint density at radius 2 is 1.65 bits per heavy atom. The molecule has 0 aromatic heterocycles.